The minimum Gasteiger partial charge on any atom is -0.490 e. The quantitative estimate of drug-likeness (QED) is 0.705. The summed E-state index contributed by atoms with van der Waals surface area (Å²) in [4.78, 5) is 0. The fourth-order valence-electron chi connectivity index (χ4n) is 1.56. The van der Waals surface area contributed by atoms with Crippen molar-refractivity contribution in [3.05, 3.63) is 22.2 Å². The lowest BCUT2D eigenvalue weighted by Crippen LogP contribution is -2.02. The van der Waals surface area contributed by atoms with Crippen LogP contribution in [0.3, 0.4) is 0 Å². The zero-order valence-electron chi connectivity index (χ0n) is 10.8. The van der Waals surface area contributed by atoms with E-state index in [-0.39, 0.29) is 0 Å². The van der Waals surface area contributed by atoms with Crippen LogP contribution in [0.1, 0.15) is 38.7 Å². The molecule has 0 saturated heterocycles. The molecule has 4 heteroatoms. The van der Waals surface area contributed by atoms with Gasteiger partial charge < -0.3 is 9.47 Å². The number of unbranched alkanes of at least 4 members (excludes halogenated alkanes) is 2. The second-order valence-corrected chi connectivity index (χ2v) is 4.74. The van der Waals surface area contributed by atoms with Crippen LogP contribution in [0.4, 0.5) is 0 Å². The third-order valence-corrected chi connectivity index (χ3v) is 3.02. The van der Waals surface area contributed by atoms with Gasteiger partial charge in [-0.1, -0.05) is 19.8 Å². The summed E-state index contributed by atoms with van der Waals surface area (Å²) < 4.78 is 12.0. The zero-order valence-corrected chi connectivity index (χ0v) is 12.4. The minimum atomic E-state index is 0.548. The number of nitriles is 1. The molecule has 0 bridgehead atoms. The van der Waals surface area contributed by atoms with Crippen LogP contribution in [0.5, 0.6) is 11.5 Å². The lowest BCUT2D eigenvalue weighted by atomic mass is 10.2. The van der Waals surface area contributed by atoms with E-state index >= 15 is 0 Å². The number of rotatable bonds is 7. The van der Waals surface area contributed by atoms with Crippen LogP contribution in [-0.4, -0.2) is 13.2 Å². The molecule has 0 atom stereocenters. The van der Waals surface area contributed by atoms with Crippen molar-refractivity contribution < 1.29 is 9.47 Å². The average Bonchev–Trinajstić information content (AvgIpc) is 2.37. The van der Waals surface area contributed by atoms with E-state index in [0.717, 1.165) is 23.7 Å². The highest BCUT2D eigenvalue weighted by atomic mass is 79.9. The van der Waals surface area contributed by atoms with E-state index in [9.17, 15) is 0 Å². The average molecular weight is 312 g/mol. The van der Waals surface area contributed by atoms with Crippen LogP contribution in [0.15, 0.2) is 16.6 Å². The molecule has 0 aliphatic carbocycles. The first-order valence-corrected chi connectivity index (χ1v) is 7.01. The molecule has 3 nitrogen and oxygen atoms in total. The smallest absolute Gasteiger partial charge is 0.175 e. The van der Waals surface area contributed by atoms with Crippen molar-refractivity contribution in [3.8, 4) is 17.6 Å². The highest BCUT2D eigenvalue weighted by molar-refractivity contribution is 9.10. The topological polar surface area (TPSA) is 42.2 Å². The minimum absolute atomic E-state index is 0.548. The highest BCUT2D eigenvalue weighted by Crippen LogP contribution is 2.36. The third-order valence-electron chi connectivity index (χ3n) is 2.43. The van der Waals surface area contributed by atoms with Crippen molar-refractivity contribution in [2.45, 2.75) is 33.1 Å². The van der Waals surface area contributed by atoms with Crippen molar-refractivity contribution in [1.82, 2.24) is 0 Å². The molecule has 0 spiro atoms. The van der Waals surface area contributed by atoms with Crippen LogP contribution in [0.2, 0.25) is 0 Å². The Labute approximate surface area is 117 Å². The second-order valence-electron chi connectivity index (χ2n) is 3.89. The van der Waals surface area contributed by atoms with Gasteiger partial charge in [0.05, 0.1) is 29.3 Å². The molecular weight excluding hydrogens is 294 g/mol. The molecule has 0 aliphatic heterocycles. The maximum Gasteiger partial charge on any atom is 0.175 e. The molecule has 18 heavy (non-hydrogen) atoms. The first-order valence-electron chi connectivity index (χ1n) is 6.22. The summed E-state index contributed by atoms with van der Waals surface area (Å²) in [5, 5.41) is 8.92. The van der Waals surface area contributed by atoms with E-state index in [0.29, 0.717) is 30.3 Å². The molecule has 0 N–H and O–H groups in total. The van der Waals surface area contributed by atoms with Gasteiger partial charge in [-0.2, -0.15) is 5.26 Å². The van der Waals surface area contributed by atoms with Crippen molar-refractivity contribution in [2.24, 2.45) is 0 Å². The molecule has 0 aliphatic rings. The van der Waals surface area contributed by atoms with Gasteiger partial charge in [0.2, 0.25) is 0 Å². The van der Waals surface area contributed by atoms with Gasteiger partial charge in [0, 0.05) is 6.07 Å². The predicted molar refractivity (Wildman–Crippen MR) is 75.0 cm³/mol. The summed E-state index contributed by atoms with van der Waals surface area (Å²) in [6, 6.07) is 5.56. The van der Waals surface area contributed by atoms with E-state index in [4.69, 9.17) is 14.7 Å². The zero-order chi connectivity index (χ0) is 13.4. The van der Waals surface area contributed by atoms with E-state index in [1.165, 1.54) is 0 Å². The van der Waals surface area contributed by atoms with E-state index in [1.54, 1.807) is 12.1 Å². The first kappa shape index (κ1) is 14.8. The van der Waals surface area contributed by atoms with Crippen molar-refractivity contribution in [2.75, 3.05) is 13.2 Å². The molecule has 0 amide bonds. The van der Waals surface area contributed by atoms with Gasteiger partial charge >= 0.3 is 0 Å². The van der Waals surface area contributed by atoms with Gasteiger partial charge in [-0.3, -0.25) is 0 Å². The van der Waals surface area contributed by atoms with Crippen molar-refractivity contribution >= 4 is 15.9 Å². The molecule has 1 rings (SSSR count). The van der Waals surface area contributed by atoms with Crippen LogP contribution in [0.25, 0.3) is 0 Å². The van der Waals surface area contributed by atoms with E-state index < -0.39 is 0 Å². The molecule has 0 fully saturated rings. The van der Waals surface area contributed by atoms with Gasteiger partial charge in [0.25, 0.3) is 0 Å². The molecule has 0 heterocycles. The summed E-state index contributed by atoms with van der Waals surface area (Å²) in [6.07, 6.45) is 3.34. The van der Waals surface area contributed by atoms with E-state index in [2.05, 4.69) is 28.9 Å². The molecule has 0 radical (unpaired) electrons. The number of hydrogen-bond donors (Lipinski definition) is 0. The maximum absolute atomic E-state index is 8.92. The summed E-state index contributed by atoms with van der Waals surface area (Å²) in [7, 11) is 0. The molecular formula is C14H18BrNO2. The molecule has 1 aromatic rings. The summed E-state index contributed by atoms with van der Waals surface area (Å²) in [6.45, 7) is 5.28. The number of halogens is 1. The van der Waals surface area contributed by atoms with Crippen LogP contribution in [0, 0.1) is 11.3 Å². The van der Waals surface area contributed by atoms with Crippen LogP contribution >= 0.6 is 15.9 Å². The Morgan fingerprint density at radius 3 is 2.61 bits per heavy atom. The lowest BCUT2D eigenvalue weighted by Gasteiger charge is -2.13. The Bertz CT molecular complexity index is 427. The van der Waals surface area contributed by atoms with Gasteiger partial charge in [0.1, 0.15) is 0 Å². The number of benzene rings is 1. The molecule has 1 aromatic carbocycles. The van der Waals surface area contributed by atoms with Crippen LogP contribution in [-0.2, 0) is 0 Å². The molecule has 0 aromatic heterocycles. The first-order chi connectivity index (χ1) is 8.72. The normalized spacial score (nSPS) is 9.89. The van der Waals surface area contributed by atoms with Crippen molar-refractivity contribution in [3.63, 3.8) is 0 Å². The van der Waals surface area contributed by atoms with Gasteiger partial charge in [-0.05, 0) is 35.3 Å². The Kier molecular flexibility index (Phi) is 6.59. The maximum atomic E-state index is 8.92. The Hall–Kier alpha value is -1.21. The largest absolute Gasteiger partial charge is 0.490 e. The monoisotopic (exact) mass is 311 g/mol. The Morgan fingerprint density at radius 1 is 1.22 bits per heavy atom. The summed E-state index contributed by atoms with van der Waals surface area (Å²) in [5.74, 6) is 1.31. The number of nitrogens with zero attached hydrogens (tertiary/aromatic N) is 1. The molecule has 0 saturated carbocycles. The molecule has 0 unspecified atom stereocenters. The van der Waals surface area contributed by atoms with Gasteiger partial charge in [-0.15, -0.1) is 0 Å². The van der Waals surface area contributed by atoms with Gasteiger partial charge in [0.15, 0.2) is 11.5 Å². The van der Waals surface area contributed by atoms with Crippen molar-refractivity contribution in [1.29, 1.82) is 5.26 Å². The standard InChI is InChI=1S/C14H18BrNO2/c1-3-5-6-7-18-14-12(15)8-11(10-16)9-13(14)17-4-2/h8-9H,3-7H2,1-2H3. The highest BCUT2D eigenvalue weighted by Gasteiger charge is 2.12. The molecule has 98 valence electrons. The number of ether oxygens (including phenoxy) is 2. The van der Waals surface area contributed by atoms with E-state index in [1.807, 2.05) is 6.92 Å². The SMILES string of the molecule is CCCCCOc1c(Br)cc(C#N)cc1OCC. The summed E-state index contributed by atoms with van der Waals surface area (Å²) in [5.41, 5.74) is 0.561. The Balaban J connectivity index is 2.84. The van der Waals surface area contributed by atoms with Crippen LogP contribution < -0.4 is 9.47 Å². The predicted octanol–water partition coefficient (Wildman–Crippen LogP) is 4.29. The third kappa shape index (κ3) is 4.23. The lowest BCUT2D eigenvalue weighted by molar-refractivity contribution is 0.269. The summed E-state index contributed by atoms with van der Waals surface area (Å²) >= 11 is 3.42. The number of hydrogen-bond acceptors (Lipinski definition) is 3. The fourth-order valence-corrected chi connectivity index (χ4v) is 2.12. The van der Waals surface area contributed by atoms with Gasteiger partial charge in [-0.25, -0.2) is 0 Å². The Morgan fingerprint density at radius 2 is 2.00 bits per heavy atom. The second kappa shape index (κ2) is 7.99. The fraction of sp³-hybridized carbons (Fsp3) is 0.500.